The summed E-state index contributed by atoms with van der Waals surface area (Å²) in [6.45, 7) is 11.3. The molecule has 3 rings (SSSR count). The summed E-state index contributed by atoms with van der Waals surface area (Å²) >= 11 is 0. The minimum atomic E-state index is -2.39. The number of nitrogens with one attached hydrogen (secondary N) is 2. The Bertz CT molecular complexity index is 850. The number of rotatable bonds is 10. The zero-order chi connectivity index (χ0) is 24.9. The van der Waals surface area contributed by atoms with Crippen molar-refractivity contribution < 1.29 is 23.1 Å². The molecule has 0 bridgehead atoms. The third-order valence-corrected chi connectivity index (χ3v) is 6.20. The number of carbonyl (C=O) groups is 2. The van der Waals surface area contributed by atoms with E-state index in [0.717, 1.165) is 12.8 Å². The fraction of sp³-hybridized carbons (Fsp3) is 0.773. The van der Waals surface area contributed by atoms with Crippen LogP contribution in [0, 0.1) is 17.8 Å². The number of carbonyl (C=O) groups excluding carboxylic acids is 2. The van der Waals surface area contributed by atoms with Gasteiger partial charge in [0.15, 0.2) is 5.82 Å². The van der Waals surface area contributed by atoms with Crippen LogP contribution in [0.1, 0.15) is 51.9 Å². The molecule has 2 aliphatic rings. The normalized spacial score (nSPS) is 21.9. The molecule has 1 aromatic heterocycles. The Morgan fingerprint density at radius 2 is 1.97 bits per heavy atom. The second-order valence-corrected chi connectivity index (χ2v) is 9.95. The molecule has 1 aromatic rings. The highest BCUT2D eigenvalue weighted by atomic mass is 19.3. The third-order valence-electron chi connectivity index (χ3n) is 6.20. The van der Waals surface area contributed by atoms with Crippen LogP contribution >= 0.6 is 0 Å². The molecule has 2 amide bonds. The lowest BCUT2D eigenvalue weighted by Crippen LogP contribution is -2.41. The van der Waals surface area contributed by atoms with Gasteiger partial charge in [0.1, 0.15) is 5.60 Å². The predicted molar refractivity (Wildman–Crippen MR) is 120 cm³/mol. The van der Waals surface area contributed by atoms with Gasteiger partial charge in [-0.1, -0.05) is 6.58 Å². The number of alkyl halides is 2. The van der Waals surface area contributed by atoms with E-state index in [1.165, 1.54) is 6.08 Å². The molecule has 1 unspecified atom stereocenters. The fourth-order valence-electron chi connectivity index (χ4n) is 4.29. The number of halogens is 2. The summed E-state index contributed by atoms with van der Waals surface area (Å²) in [5, 5.41) is 18.0. The lowest BCUT2D eigenvalue weighted by molar-refractivity contribution is -0.127. The molecule has 190 valence electrons. The van der Waals surface area contributed by atoms with Gasteiger partial charge in [0.05, 0.1) is 12.6 Å². The standard InChI is InChI=1S/C22H35F2N7O3/c1-5-17(32)30-9-6-14(7-10-30)13-26-18(15-12-16(15)19(23)24)20-27-28-29-31(20)11-8-25-21(33)34-22(2,3)4/h5,14-16,18-19,26H,1,6-13H2,2-4H3,(H,25,33)/t15-,16+,18?/m1/s1. The molecule has 10 nitrogen and oxygen atoms in total. The van der Waals surface area contributed by atoms with Crippen molar-refractivity contribution in [3.05, 3.63) is 18.5 Å². The van der Waals surface area contributed by atoms with Crippen molar-refractivity contribution in [1.29, 1.82) is 0 Å². The van der Waals surface area contributed by atoms with Gasteiger partial charge in [-0.05, 0) is 74.9 Å². The molecule has 12 heteroatoms. The molecule has 2 heterocycles. The van der Waals surface area contributed by atoms with Crippen molar-refractivity contribution in [2.45, 2.75) is 64.6 Å². The number of ether oxygens (including phenoxy) is 1. The monoisotopic (exact) mass is 483 g/mol. The smallest absolute Gasteiger partial charge is 0.407 e. The molecule has 3 atom stereocenters. The zero-order valence-electron chi connectivity index (χ0n) is 20.0. The minimum Gasteiger partial charge on any atom is -0.444 e. The molecular formula is C22H35F2N7O3. The van der Waals surface area contributed by atoms with E-state index in [0.29, 0.717) is 37.8 Å². The van der Waals surface area contributed by atoms with Gasteiger partial charge >= 0.3 is 6.09 Å². The van der Waals surface area contributed by atoms with Crippen LogP contribution in [0.25, 0.3) is 0 Å². The number of alkyl carbamates (subject to hydrolysis) is 1. The number of tetrazole rings is 1. The van der Waals surface area contributed by atoms with Crippen LogP contribution in [0.2, 0.25) is 0 Å². The van der Waals surface area contributed by atoms with Crippen molar-refractivity contribution >= 4 is 12.0 Å². The van der Waals surface area contributed by atoms with Crippen LogP contribution in [-0.4, -0.2) is 75.3 Å². The zero-order valence-corrected chi connectivity index (χ0v) is 20.0. The number of nitrogens with zero attached hydrogens (tertiary/aromatic N) is 5. The molecule has 0 spiro atoms. The number of likely N-dealkylation sites (tertiary alicyclic amines) is 1. The van der Waals surface area contributed by atoms with Crippen molar-refractivity contribution in [2.75, 3.05) is 26.2 Å². The highest BCUT2D eigenvalue weighted by molar-refractivity contribution is 5.87. The topological polar surface area (TPSA) is 114 Å². The Morgan fingerprint density at radius 3 is 2.56 bits per heavy atom. The van der Waals surface area contributed by atoms with Crippen LogP contribution in [0.15, 0.2) is 12.7 Å². The van der Waals surface area contributed by atoms with Crippen LogP contribution < -0.4 is 10.6 Å². The van der Waals surface area contributed by atoms with Gasteiger partial charge in [-0.2, -0.15) is 0 Å². The van der Waals surface area contributed by atoms with Gasteiger partial charge in [0.2, 0.25) is 12.3 Å². The molecule has 0 aromatic carbocycles. The first-order chi connectivity index (χ1) is 16.1. The Kier molecular flexibility index (Phi) is 8.56. The second-order valence-electron chi connectivity index (χ2n) is 9.95. The van der Waals surface area contributed by atoms with Crippen LogP contribution in [-0.2, 0) is 16.1 Å². The maximum Gasteiger partial charge on any atom is 0.407 e. The quantitative estimate of drug-likeness (QED) is 0.490. The molecular weight excluding hydrogens is 448 g/mol. The van der Waals surface area contributed by atoms with Crippen LogP contribution in [0.4, 0.5) is 13.6 Å². The Morgan fingerprint density at radius 1 is 1.26 bits per heavy atom. The van der Waals surface area contributed by atoms with Crippen LogP contribution in [0.5, 0.6) is 0 Å². The molecule has 0 radical (unpaired) electrons. The maximum absolute atomic E-state index is 13.4. The van der Waals surface area contributed by atoms with Gasteiger partial charge in [0.25, 0.3) is 0 Å². The van der Waals surface area contributed by atoms with Gasteiger partial charge in [-0.3, -0.25) is 4.79 Å². The first-order valence-electron chi connectivity index (χ1n) is 11.7. The first-order valence-corrected chi connectivity index (χ1v) is 11.7. The number of amides is 2. The summed E-state index contributed by atoms with van der Waals surface area (Å²) in [4.78, 5) is 25.4. The molecule has 1 aliphatic heterocycles. The maximum atomic E-state index is 13.4. The van der Waals surface area contributed by atoms with E-state index in [1.54, 1.807) is 30.4 Å². The van der Waals surface area contributed by atoms with E-state index in [4.69, 9.17) is 4.74 Å². The molecule has 2 fully saturated rings. The van der Waals surface area contributed by atoms with Crippen molar-refractivity contribution in [2.24, 2.45) is 17.8 Å². The molecule has 34 heavy (non-hydrogen) atoms. The van der Waals surface area contributed by atoms with E-state index in [-0.39, 0.29) is 24.9 Å². The van der Waals surface area contributed by atoms with Crippen molar-refractivity contribution in [3.63, 3.8) is 0 Å². The van der Waals surface area contributed by atoms with E-state index in [2.05, 4.69) is 32.7 Å². The lowest BCUT2D eigenvalue weighted by atomic mass is 9.96. The van der Waals surface area contributed by atoms with Gasteiger partial charge in [-0.15, -0.1) is 5.10 Å². The molecule has 1 saturated carbocycles. The predicted octanol–water partition coefficient (Wildman–Crippen LogP) is 2.15. The summed E-state index contributed by atoms with van der Waals surface area (Å²) in [7, 11) is 0. The second kappa shape index (κ2) is 11.2. The van der Waals surface area contributed by atoms with E-state index < -0.39 is 30.1 Å². The summed E-state index contributed by atoms with van der Waals surface area (Å²) in [5.74, 6) is -0.210. The SMILES string of the molecule is C=CC(=O)N1CCC(CNC(c2nnnn2CCNC(=O)OC(C)(C)C)[C@@H]2C[C@@H]2C(F)F)CC1. The van der Waals surface area contributed by atoms with E-state index >= 15 is 0 Å². The highest BCUT2D eigenvalue weighted by Gasteiger charge is 2.50. The Balaban J connectivity index is 1.58. The largest absolute Gasteiger partial charge is 0.444 e. The molecule has 1 aliphatic carbocycles. The Labute approximate surface area is 198 Å². The average molecular weight is 484 g/mol. The highest BCUT2D eigenvalue weighted by Crippen LogP contribution is 2.50. The van der Waals surface area contributed by atoms with Crippen LogP contribution in [0.3, 0.4) is 0 Å². The average Bonchev–Trinajstić information content (AvgIpc) is 3.44. The number of piperidine rings is 1. The summed E-state index contributed by atoms with van der Waals surface area (Å²) in [6, 6.07) is -0.414. The number of aromatic nitrogens is 4. The third kappa shape index (κ3) is 7.18. The van der Waals surface area contributed by atoms with E-state index in [1.807, 2.05) is 0 Å². The lowest BCUT2D eigenvalue weighted by Gasteiger charge is -2.32. The first kappa shape index (κ1) is 26.0. The Hall–Kier alpha value is -2.63. The fourth-order valence-corrected chi connectivity index (χ4v) is 4.29. The number of hydrogen-bond donors (Lipinski definition) is 2. The van der Waals surface area contributed by atoms with E-state index in [9.17, 15) is 18.4 Å². The van der Waals surface area contributed by atoms with Crippen molar-refractivity contribution in [1.82, 2.24) is 35.7 Å². The number of hydrogen-bond acceptors (Lipinski definition) is 7. The summed E-state index contributed by atoms with van der Waals surface area (Å²) in [6.07, 6.45) is 0.451. The minimum absolute atomic E-state index is 0.0683. The summed E-state index contributed by atoms with van der Waals surface area (Å²) in [5.41, 5.74) is -0.607. The van der Waals surface area contributed by atoms with Gasteiger partial charge < -0.3 is 20.3 Å². The summed E-state index contributed by atoms with van der Waals surface area (Å²) < 4.78 is 33.5. The van der Waals surface area contributed by atoms with Gasteiger partial charge in [-0.25, -0.2) is 18.3 Å². The van der Waals surface area contributed by atoms with Gasteiger partial charge in [0, 0.05) is 25.6 Å². The van der Waals surface area contributed by atoms with Crippen molar-refractivity contribution in [3.8, 4) is 0 Å². The molecule has 1 saturated heterocycles. The molecule has 2 N–H and O–H groups in total.